The van der Waals surface area contributed by atoms with Gasteiger partial charge in [-0.05, 0) is 0 Å². The predicted octanol–water partition coefficient (Wildman–Crippen LogP) is -1.59. The maximum absolute atomic E-state index is 11.9. The molecule has 0 aromatic carbocycles. The summed E-state index contributed by atoms with van der Waals surface area (Å²) in [6.45, 7) is -1.60. The van der Waals surface area contributed by atoms with Crippen LogP contribution in [-0.2, 0) is 27.8 Å². The van der Waals surface area contributed by atoms with Crippen molar-refractivity contribution in [1.82, 2.24) is 4.90 Å². The molecule has 0 rings (SSSR count). The molecule has 0 aliphatic rings. The molecule has 20 heteroatoms. The molecule has 0 saturated heterocycles. The van der Waals surface area contributed by atoms with E-state index in [1.807, 2.05) is 0 Å². The summed E-state index contributed by atoms with van der Waals surface area (Å²) in [5, 5.41) is 4.28. The van der Waals surface area contributed by atoms with Gasteiger partial charge in [0.15, 0.2) is 0 Å². The van der Waals surface area contributed by atoms with Crippen LogP contribution < -0.4 is 0 Å². The van der Waals surface area contributed by atoms with Gasteiger partial charge in [0, 0.05) is 6.54 Å². The van der Waals surface area contributed by atoms with Gasteiger partial charge < -0.3 is 49.0 Å². The molecule has 9 N–H and O–H groups in total. The van der Waals surface area contributed by atoms with E-state index in [0.29, 0.717) is 0 Å². The molecule has 0 amide bonds. The second kappa shape index (κ2) is 8.78. The SMILES string of the molecule is CCN(C(P(=O)(O)O)P(=O)(O)O)C(OCCC(=O)O)(P(=O)(O)O)P(=O)(O)O. The fraction of sp³-hybridized carbons (Fsp3) is 0.857. The second-order valence-corrected chi connectivity index (χ2v) is 12.4. The van der Waals surface area contributed by atoms with Crippen molar-refractivity contribution in [3.8, 4) is 0 Å². The third-order valence-corrected chi connectivity index (χ3v) is 10.4. The van der Waals surface area contributed by atoms with Crippen LogP contribution in [0, 0.1) is 0 Å². The highest BCUT2D eigenvalue weighted by molar-refractivity contribution is 7.73. The summed E-state index contributed by atoms with van der Waals surface area (Å²) in [5.41, 5.74) is -3.40. The number of carboxylic acids is 1. The van der Waals surface area contributed by atoms with Gasteiger partial charge in [-0.2, -0.15) is 0 Å². The van der Waals surface area contributed by atoms with Crippen LogP contribution in [0.5, 0.6) is 0 Å². The monoisotopic (exact) mass is 481 g/mol. The van der Waals surface area contributed by atoms with Gasteiger partial charge >= 0.3 is 41.6 Å². The van der Waals surface area contributed by atoms with Gasteiger partial charge in [0.25, 0.3) is 0 Å². The zero-order chi connectivity index (χ0) is 22.1. The molecule has 0 bridgehead atoms. The lowest BCUT2D eigenvalue weighted by Gasteiger charge is -2.45. The number of aliphatic carboxylic acids is 1. The standard InChI is InChI=1S/C7H19NO15P4/c1-2-8(6(24(11,12)13)25(14,15)16)7(26(17,18)19,27(20,21)22)23-4-3-5(9)10/h6H,2-4H2,1H3,(H,9,10)(H2,11,12,13)(H2,14,15,16)(H2,17,18,19)(H2,20,21,22). The first-order chi connectivity index (χ1) is 11.7. The van der Waals surface area contributed by atoms with Crippen molar-refractivity contribution < 1.29 is 72.0 Å². The Morgan fingerprint density at radius 2 is 1.30 bits per heavy atom. The first kappa shape index (κ1) is 27.0. The van der Waals surface area contributed by atoms with Crippen molar-refractivity contribution in [3.63, 3.8) is 0 Å². The van der Waals surface area contributed by atoms with E-state index in [1.54, 1.807) is 0 Å². The fourth-order valence-corrected chi connectivity index (χ4v) is 8.48. The van der Waals surface area contributed by atoms with Crippen LogP contribution in [0.4, 0.5) is 0 Å². The van der Waals surface area contributed by atoms with Crippen molar-refractivity contribution in [2.24, 2.45) is 0 Å². The van der Waals surface area contributed by atoms with E-state index in [0.717, 1.165) is 6.92 Å². The Hall–Kier alpha value is -0.0100. The van der Waals surface area contributed by atoms with Gasteiger partial charge in [-0.25, -0.2) is 4.90 Å². The van der Waals surface area contributed by atoms with Crippen molar-refractivity contribution >= 4 is 36.4 Å². The zero-order valence-electron chi connectivity index (χ0n) is 13.4. The highest BCUT2D eigenvalue weighted by Gasteiger charge is 2.70. The number of hydrogen-bond acceptors (Lipinski definition) is 7. The summed E-state index contributed by atoms with van der Waals surface area (Å²) in [4.78, 5) is 85.0. The molecule has 0 aromatic rings. The molecule has 0 aliphatic heterocycles. The summed E-state index contributed by atoms with van der Waals surface area (Å²) in [6, 6.07) is 0. The molecule has 0 spiro atoms. The number of ether oxygens (including phenoxy) is 1. The molecule has 0 heterocycles. The predicted molar refractivity (Wildman–Crippen MR) is 85.3 cm³/mol. The lowest BCUT2D eigenvalue weighted by Crippen LogP contribution is -2.54. The van der Waals surface area contributed by atoms with Crippen LogP contribution >= 0.6 is 30.4 Å². The van der Waals surface area contributed by atoms with E-state index < -0.39 is 71.6 Å². The third kappa shape index (κ3) is 6.23. The number of hydrogen-bond donors (Lipinski definition) is 9. The number of carboxylic acid groups (broad SMARTS) is 1. The molecule has 162 valence electrons. The van der Waals surface area contributed by atoms with E-state index in [-0.39, 0.29) is 0 Å². The van der Waals surface area contributed by atoms with Gasteiger partial charge in [-0.1, -0.05) is 6.92 Å². The van der Waals surface area contributed by atoms with E-state index >= 15 is 0 Å². The van der Waals surface area contributed by atoms with Crippen molar-refractivity contribution in [2.45, 2.75) is 24.1 Å². The lowest BCUT2D eigenvalue weighted by molar-refractivity contribution is -0.140. The fourth-order valence-electron chi connectivity index (χ4n) is 2.11. The molecular formula is C7H19NO15P4. The summed E-state index contributed by atoms with van der Waals surface area (Å²) < 4.78 is 51.4. The smallest absolute Gasteiger partial charge is 0.385 e. The van der Waals surface area contributed by atoms with Crippen LogP contribution in [-0.4, -0.2) is 79.0 Å². The summed E-state index contributed by atoms with van der Waals surface area (Å²) in [6.07, 6.45) is -1.06. The summed E-state index contributed by atoms with van der Waals surface area (Å²) >= 11 is 0. The minimum Gasteiger partial charge on any atom is -0.481 e. The minimum atomic E-state index is -6.29. The topological polar surface area (TPSA) is 280 Å². The lowest BCUT2D eigenvalue weighted by atomic mass is 10.5. The average molecular weight is 481 g/mol. The van der Waals surface area contributed by atoms with Crippen LogP contribution in [0.3, 0.4) is 0 Å². The Morgan fingerprint density at radius 1 is 0.926 bits per heavy atom. The van der Waals surface area contributed by atoms with Gasteiger partial charge in [0.05, 0.1) is 13.0 Å². The van der Waals surface area contributed by atoms with Gasteiger partial charge in [-0.3, -0.25) is 23.1 Å². The number of rotatable bonds is 11. The molecule has 0 radical (unpaired) electrons. The van der Waals surface area contributed by atoms with Crippen LogP contribution in [0.1, 0.15) is 13.3 Å². The summed E-state index contributed by atoms with van der Waals surface area (Å²) in [7, 11) is -24.5. The van der Waals surface area contributed by atoms with E-state index in [1.165, 1.54) is 0 Å². The maximum Gasteiger partial charge on any atom is 0.385 e. The van der Waals surface area contributed by atoms with E-state index in [4.69, 9.17) is 5.11 Å². The van der Waals surface area contributed by atoms with Gasteiger partial charge in [0.1, 0.15) is 0 Å². The molecule has 0 atom stereocenters. The molecule has 0 fully saturated rings. The van der Waals surface area contributed by atoms with Crippen molar-refractivity contribution in [1.29, 1.82) is 0 Å². The van der Waals surface area contributed by atoms with E-state index in [2.05, 4.69) is 4.74 Å². The Bertz CT molecular complexity index is 682. The normalized spacial score (nSPS) is 14.8. The van der Waals surface area contributed by atoms with E-state index in [9.17, 15) is 62.2 Å². The van der Waals surface area contributed by atoms with Crippen molar-refractivity contribution in [3.05, 3.63) is 0 Å². The number of carbonyl (C=O) groups is 1. The average Bonchev–Trinajstić information content (AvgIpc) is 2.34. The van der Waals surface area contributed by atoms with Crippen LogP contribution in [0.2, 0.25) is 0 Å². The van der Waals surface area contributed by atoms with Crippen molar-refractivity contribution in [2.75, 3.05) is 13.2 Å². The van der Waals surface area contributed by atoms with Crippen LogP contribution in [0.15, 0.2) is 0 Å². The van der Waals surface area contributed by atoms with Gasteiger partial charge in [0.2, 0.25) is 5.52 Å². The summed E-state index contributed by atoms with van der Waals surface area (Å²) in [5.74, 6) is -1.63. The molecule has 0 aliphatic carbocycles. The van der Waals surface area contributed by atoms with Gasteiger partial charge in [-0.15, -0.1) is 0 Å². The highest BCUT2D eigenvalue weighted by Crippen LogP contribution is 2.75. The zero-order valence-corrected chi connectivity index (χ0v) is 17.0. The third-order valence-electron chi connectivity index (χ3n) is 2.97. The molecule has 27 heavy (non-hydrogen) atoms. The molecule has 16 nitrogen and oxygen atoms in total. The molecule has 0 saturated carbocycles. The first-order valence-corrected chi connectivity index (χ1v) is 13.2. The quantitative estimate of drug-likeness (QED) is 0.119. The minimum absolute atomic E-state index is 0.530. The Morgan fingerprint density at radius 3 is 1.52 bits per heavy atom. The highest BCUT2D eigenvalue weighted by atomic mass is 31.2. The largest absolute Gasteiger partial charge is 0.481 e. The Kier molecular flexibility index (Phi) is 8.78. The van der Waals surface area contributed by atoms with Crippen LogP contribution in [0.25, 0.3) is 0 Å². The Labute approximate surface area is 151 Å². The second-order valence-electron chi connectivity index (χ2n) is 4.96. The Balaban J connectivity index is 6.90. The molecule has 0 unspecified atom stereocenters. The number of nitrogens with zero attached hydrogens (tertiary/aromatic N) is 1. The maximum atomic E-state index is 11.9. The molecular weight excluding hydrogens is 462 g/mol. The first-order valence-electron chi connectivity index (χ1n) is 6.57. The molecule has 0 aromatic heterocycles.